The second-order valence-corrected chi connectivity index (χ2v) is 5.41. The summed E-state index contributed by atoms with van der Waals surface area (Å²) in [4.78, 5) is 22.0. The van der Waals surface area contributed by atoms with E-state index in [1.807, 2.05) is 0 Å². The van der Waals surface area contributed by atoms with Gasteiger partial charge in [-0.05, 0) is 0 Å². The van der Waals surface area contributed by atoms with E-state index in [-0.39, 0.29) is 0 Å². The fraction of sp³-hybridized carbons (Fsp3) is 0.167. The first-order valence-electron chi connectivity index (χ1n) is 4.04. The predicted octanol–water partition coefficient (Wildman–Crippen LogP) is 1.11. The summed E-state index contributed by atoms with van der Waals surface area (Å²) in [5, 5.41) is 8.94. The monoisotopic (exact) mass is 322 g/mol. The van der Waals surface area contributed by atoms with Crippen molar-refractivity contribution in [1.29, 1.82) is 0 Å². The van der Waals surface area contributed by atoms with Gasteiger partial charge >= 0.3 is 17.5 Å². The Bertz CT molecular complexity index is 681. The van der Waals surface area contributed by atoms with Crippen molar-refractivity contribution in [2.24, 2.45) is 0 Å². The molecule has 13 heteroatoms. The van der Waals surface area contributed by atoms with Crippen LogP contribution in [0, 0.1) is 10.1 Å². The van der Waals surface area contributed by atoms with Gasteiger partial charge in [-0.3, -0.25) is 14.9 Å². The van der Waals surface area contributed by atoms with Gasteiger partial charge in [-0.25, -0.2) is 8.42 Å². The highest BCUT2D eigenvalue weighted by atomic mass is 35.7. The van der Waals surface area contributed by atoms with E-state index in [4.69, 9.17) is 10.7 Å². The van der Waals surface area contributed by atoms with Gasteiger partial charge in [0.2, 0.25) is 5.75 Å². The Labute approximate surface area is 106 Å². The van der Waals surface area contributed by atoms with Crippen molar-refractivity contribution in [3.63, 3.8) is 0 Å². The fourth-order valence-corrected chi connectivity index (χ4v) is 1.91. The number of pyridine rings is 1. The number of aromatic amines is 1. The molecule has 1 aromatic rings. The van der Waals surface area contributed by atoms with E-state index >= 15 is 0 Å². The molecule has 0 radical (unpaired) electrons. The molecule has 106 valence electrons. The number of hydrogen-bond acceptors (Lipinski definition) is 6. The van der Waals surface area contributed by atoms with E-state index in [0.717, 1.165) is 0 Å². The lowest BCUT2D eigenvalue weighted by Gasteiger charge is -2.10. The van der Waals surface area contributed by atoms with Crippen LogP contribution in [0.3, 0.4) is 0 Å². The molecule has 19 heavy (non-hydrogen) atoms. The largest absolute Gasteiger partial charge is 0.573 e. The molecule has 0 saturated carbocycles. The predicted molar refractivity (Wildman–Crippen MR) is 53.4 cm³/mol. The number of H-pyrrole nitrogens is 1. The van der Waals surface area contributed by atoms with Crippen LogP contribution in [0.2, 0.25) is 0 Å². The zero-order valence-corrected chi connectivity index (χ0v) is 9.97. The molecule has 0 aliphatic carbocycles. The van der Waals surface area contributed by atoms with Crippen LogP contribution >= 0.6 is 10.7 Å². The summed E-state index contributed by atoms with van der Waals surface area (Å²) >= 11 is 0. The lowest BCUT2D eigenvalue weighted by atomic mass is 10.4. The minimum absolute atomic E-state index is 0.292. The average Bonchev–Trinajstić information content (AvgIpc) is 2.16. The molecular weight excluding hydrogens is 321 g/mol. The molecule has 0 bridgehead atoms. The van der Waals surface area contributed by atoms with Crippen LogP contribution in [0.15, 0.2) is 16.0 Å². The number of hydrogen-bond donors (Lipinski definition) is 1. The van der Waals surface area contributed by atoms with E-state index in [1.54, 1.807) is 4.98 Å². The molecule has 0 aliphatic rings. The molecule has 0 aliphatic heterocycles. The van der Waals surface area contributed by atoms with Gasteiger partial charge in [-0.15, -0.1) is 13.2 Å². The number of aromatic nitrogens is 1. The number of rotatable bonds is 3. The molecule has 0 saturated heterocycles. The van der Waals surface area contributed by atoms with E-state index in [0.29, 0.717) is 6.20 Å². The SMILES string of the molecule is O=c1c([N+](=O)[O-])c[nH]c(S(=O)(=O)Cl)c1OC(F)(F)F. The first-order valence-corrected chi connectivity index (χ1v) is 6.35. The third-order valence-electron chi connectivity index (χ3n) is 1.64. The maximum Gasteiger partial charge on any atom is 0.573 e. The third kappa shape index (κ3) is 3.57. The van der Waals surface area contributed by atoms with Gasteiger partial charge in [0.05, 0.1) is 11.1 Å². The highest BCUT2D eigenvalue weighted by Gasteiger charge is 2.37. The summed E-state index contributed by atoms with van der Waals surface area (Å²) in [6.45, 7) is 0. The molecule has 1 aromatic heterocycles. The smallest absolute Gasteiger partial charge is 0.398 e. The second-order valence-electron chi connectivity index (χ2n) is 2.90. The maximum atomic E-state index is 12.0. The van der Waals surface area contributed by atoms with E-state index < -0.39 is 42.2 Å². The Hall–Kier alpha value is -1.82. The van der Waals surface area contributed by atoms with Crippen molar-refractivity contribution in [3.05, 3.63) is 26.5 Å². The number of ether oxygens (including phenoxy) is 1. The Morgan fingerprint density at radius 2 is 1.95 bits per heavy atom. The molecular formula is C6H2ClF3N2O6S. The van der Waals surface area contributed by atoms with Crippen molar-refractivity contribution in [2.45, 2.75) is 11.4 Å². The van der Waals surface area contributed by atoms with Gasteiger partial charge in [-0.2, -0.15) is 0 Å². The number of nitro groups is 1. The van der Waals surface area contributed by atoms with Crippen molar-refractivity contribution >= 4 is 25.4 Å². The summed E-state index contributed by atoms with van der Waals surface area (Å²) in [6.07, 6.45) is -5.14. The Balaban J connectivity index is 3.66. The molecule has 8 nitrogen and oxygen atoms in total. The van der Waals surface area contributed by atoms with Gasteiger partial charge < -0.3 is 9.72 Å². The van der Waals surface area contributed by atoms with Crippen LogP contribution in [0.25, 0.3) is 0 Å². The topological polar surface area (TPSA) is 119 Å². The number of halogens is 4. The molecule has 1 N–H and O–H groups in total. The molecule has 0 amide bonds. The standard InChI is InChI=1S/C6H2ClF3N2O6S/c7-19(16,17)5-4(18-6(8,9)10)3(13)2(1-11-5)12(14)15/h1H,(H,11,13). The zero-order valence-electron chi connectivity index (χ0n) is 8.39. The molecule has 1 heterocycles. The van der Waals surface area contributed by atoms with E-state index in [1.165, 1.54) is 0 Å². The van der Waals surface area contributed by atoms with E-state index in [2.05, 4.69) is 4.74 Å². The van der Waals surface area contributed by atoms with Gasteiger partial charge in [0.1, 0.15) is 0 Å². The number of nitrogens with one attached hydrogen (secondary N) is 1. The van der Waals surface area contributed by atoms with Crippen LogP contribution in [0.4, 0.5) is 18.9 Å². The van der Waals surface area contributed by atoms with Crippen molar-refractivity contribution in [2.75, 3.05) is 0 Å². The molecule has 0 spiro atoms. The Morgan fingerprint density at radius 1 is 1.42 bits per heavy atom. The highest BCUT2D eigenvalue weighted by Crippen LogP contribution is 2.28. The molecule has 1 rings (SSSR count). The van der Waals surface area contributed by atoms with Crippen molar-refractivity contribution < 1.29 is 31.2 Å². The summed E-state index contributed by atoms with van der Waals surface area (Å²) in [5.41, 5.74) is -3.20. The molecule has 0 unspecified atom stereocenters. The highest BCUT2D eigenvalue weighted by molar-refractivity contribution is 8.13. The molecule has 0 fully saturated rings. The van der Waals surface area contributed by atoms with Gasteiger partial charge in [-0.1, -0.05) is 0 Å². The van der Waals surface area contributed by atoms with Crippen molar-refractivity contribution in [3.8, 4) is 5.75 Å². The minimum Gasteiger partial charge on any atom is -0.398 e. The summed E-state index contributed by atoms with van der Waals surface area (Å²) in [7, 11) is -0.0204. The molecule has 0 atom stereocenters. The maximum absolute atomic E-state index is 12.0. The first kappa shape index (κ1) is 15.2. The summed E-state index contributed by atoms with van der Waals surface area (Å²) in [6, 6.07) is 0. The third-order valence-corrected chi connectivity index (χ3v) is 2.90. The van der Waals surface area contributed by atoms with Crippen LogP contribution in [-0.4, -0.2) is 24.7 Å². The van der Waals surface area contributed by atoms with Gasteiger partial charge in [0.25, 0.3) is 9.05 Å². The van der Waals surface area contributed by atoms with E-state index in [9.17, 15) is 36.5 Å². The molecule has 0 aromatic carbocycles. The normalized spacial score (nSPS) is 12.2. The number of nitrogens with zero attached hydrogens (tertiary/aromatic N) is 1. The minimum atomic E-state index is -5.43. The van der Waals surface area contributed by atoms with Crippen LogP contribution < -0.4 is 10.2 Å². The number of alkyl halides is 3. The zero-order chi connectivity index (χ0) is 15.0. The van der Waals surface area contributed by atoms with Crippen LogP contribution in [0.1, 0.15) is 0 Å². The fourth-order valence-electron chi connectivity index (χ4n) is 1.01. The lowest BCUT2D eigenvalue weighted by Crippen LogP contribution is -2.25. The average molecular weight is 323 g/mol. The quantitative estimate of drug-likeness (QED) is 0.505. The van der Waals surface area contributed by atoms with Crippen LogP contribution in [0.5, 0.6) is 5.75 Å². The van der Waals surface area contributed by atoms with Gasteiger partial charge in [0.15, 0.2) is 5.03 Å². The lowest BCUT2D eigenvalue weighted by molar-refractivity contribution is -0.386. The first-order chi connectivity index (χ1) is 8.43. The second kappa shape index (κ2) is 4.70. The van der Waals surface area contributed by atoms with Crippen LogP contribution in [-0.2, 0) is 9.05 Å². The summed E-state index contributed by atoms with van der Waals surface area (Å²) in [5.74, 6) is -1.82. The Morgan fingerprint density at radius 3 is 2.32 bits per heavy atom. The summed E-state index contributed by atoms with van der Waals surface area (Å²) < 4.78 is 61.2. The Kier molecular flexibility index (Phi) is 3.77. The van der Waals surface area contributed by atoms with Gasteiger partial charge in [0, 0.05) is 10.7 Å². The van der Waals surface area contributed by atoms with Crippen molar-refractivity contribution in [1.82, 2.24) is 4.98 Å².